The summed E-state index contributed by atoms with van der Waals surface area (Å²) in [6.45, 7) is 0.480. The summed E-state index contributed by atoms with van der Waals surface area (Å²) in [5.74, 6) is -2.66. The number of nitrogens with zero attached hydrogens (tertiary/aromatic N) is 2. The Morgan fingerprint density at radius 1 is 0.929 bits per heavy atom. The van der Waals surface area contributed by atoms with Gasteiger partial charge in [0.1, 0.15) is 10.8 Å². The molecule has 1 saturated heterocycles. The summed E-state index contributed by atoms with van der Waals surface area (Å²) in [7, 11) is -8.10. The summed E-state index contributed by atoms with van der Waals surface area (Å²) in [5, 5.41) is 1.70. The highest BCUT2D eigenvalue weighted by Crippen LogP contribution is 2.19. The molecule has 0 saturated carbocycles. The van der Waals surface area contributed by atoms with Gasteiger partial charge in [0.05, 0.1) is 19.0 Å². The molecule has 0 spiro atoms. The maximum absolute atomic E-state index is 13.3. The molecular weight excluding hydrogens is 588 g/mol. The molecule has 3 amide bonds. The number of hydrogen-bond donors (Lipinski definition) is 2. The van der Waals surface area contributed by atoms with Gasteiger partial charge in [-0.05, 0) is 24.1 Å². The lowest BCUT2D eigenvalue weighted by molar-refractivity contribution is -0.120. The highest BCUT2D eigenvalue weighted by molar-refractivity contribution is 7.92. The molecule has 15 heteroatoms. The molecule has 2 heterocycles. The number of oxazole rings is 1. The Balaban J connectivity index is 1.46. The van der Waals surface area contributed by atoms with Crippen molar-refractivity contribution in [3.63, 3.8) is 0 Å². The highest BCUT2D eigenvalue weighted by atomic mass is 32.2. The first-order valence-corrected chi connectivity index (χ1v) is 16.8. The first-order chi connectivity index (χ1) is 20.0. The van der Waals surface area contributed by atoms with Gasteiger partial charge in [-0.1, -0.05) is 42.5 Å². The quantitative estimate of drug-likeness (QED) is 0.277. The monoisotopic (exact) mass is 620 g/mol. The predicted molar refractivity (Wildman–Crippen MR) is 153 cm³/mol. The third-order valence-corrected chi connectivity index (χ3v) is 10.2. The first-order valence-electron chi connectivity index (χ1n) is 13.2. The van der Waals surface area contributed by atoms with E-state index in [9.17, 15) is 31.2 Å². The summed E-state index contributed by atoms with van der Waals surface area (Å²) in [4.78, 5) is 44.4. The van der Waals surface area contributed by atoms with Gasteiger partial charge in [0, 0.05) is 32.4 Å². The number of morpholine rings is 1. The molecule has 3 aromatic rings. The molecule has 4 rings (SSSR count). The summed E-state index contributed by atoms with van der Waals surface area (Å²) in [6, 6.07) is 14.3. The van der Waals surface area contributed by atoms with Crippen LogP contribution in [0.5, 0.6) is 0 Å². The van der Waals surface area contributed by atoms with Crippen LogP contribution < -0.4 is 10.6 Å². The number of sulfone groups is 2. The number of carbonyl (C=O) groups excluding carboxylic acids is 3. The zero-order valence-corrected chi connectivity index (χ0v) is 24.5. The van der Waals surface area contributed by atoms with Crippen LogP contribution >= 0.6 is 0 Å². The average molecular weight is 621 g/mol. The molecule has 2 aromatic carbocycles. The Bertz CT molecular complexity index is 1600. The van der Waals surface area contributed by atoms with Crippen molar-refractivity contribution in [3.05, 3.63) is 66.1 Å². The number of benzene rings is 2. The third-order valence-electron chi connectivity index (χ3n) is 6.69. The van der Waals surface area contributed by atoms with Crippen LogP contribution in [-0.2, 0) is 35.0 Å². The van der Waals surface area contributed by atoms with E-state index in [1.54, 1.807) is 54.6 Å². The largest absolute Gasteiger partial charge is 0.434 e. The summed E-state index contributed by atoms with van der Waals surface area (Å²) < 4.78 is 62.4. The van der Waals surface area contributed by atoms with E-state index < -0.39 is 60.2 Å². The fraction of sp³-hybridized carbons (Fsp3) is 0.407. The number of ketones is 1. The molecule has 2 N–H and O–H groups in total. The van der Waals surface area contributed by atoms with Gasteiger partial charge in [-0.15, -0.1) is 0 Å². The standard InChI is InChI=1S/C27H32N4O9S2/c1-41(35,36)22(24(32)26-30-20-9-5-6-10-21(20)40-26)11-12-28-25(33)23(17-29-27(34)31-13-15-39-16-14-31)42(37,38)18-19-7-3-2-4-8-19/h2-10,22-23H,11-18H2,1H3,(H,28,33)(H,29,34). The molecule has 1 fully saturated rings. The molecular formula is C27H32N4O9S2. The number of hydrogen-bond acceptors (Lipinski definition) is 10. The van der Waals surface area contributed by atoms with Gasteiger partial charge in [0.2, 0.25) is 11.7 Å². The molecule has 0 radical (unpaired) electrons. The number of amides is 3. The smallest absolute Gasteiger partial charge is 0.317 e. The van der Waals surface area contributed by atoms with Gasteiger partial charge < -0.3 is 24.7 Å². The minimum atomic E-state index is -4.13. The van der Waals surface area contributed by atoms with Crippen molar-refractivity contribution in [1.29, 1.82) is 0 Å². The second-order valence-corrected chi connectivity index (χ2v) is 14.2. The molecule has 2 atom stereocenters. The van der Waals surface area contributed by atoms with E-state index in [2.05, 4.69) is 15.6 Å². The molecule has 0 bridgehead atoms. The number of rotatable bonds is 12. The maximum Gasteiger partial charge on any atom is 0.317 e. The van der Waals surface area contributed by atoms with Crippen molar-refractivity contribution < 1.29 is 40.4 Å². The van der Waals surface area contributed by atoms with Crippen LogP contribution in [0.15, 0.2) is 59.0 Å². The van der Waals surface area contributed by atoms with Crippen LogP contribution in [-0.4, -0.2) is 101 Å². The number of ether oxygens (including phenoxy) is 1. The number of aromatic nitrogens is 1. The number of urea groups is 1. The van der Waals surface area contributed by atoms with Crippen LogP contribution in [0.4, 0.5) is 4.79 Å². The number of carbonyl (C=O) groups is 3. The predicted octanol–water partition coefficient (Wildman–Crippen LogP) is 0.955. The zero-order valence-electron chi connectivity index (χ0n) is 22.9. The van der Waals surface area contributed by atoms with E-state index in [1.807, 2.05) is 0 Å². The average Bonchev–Trinajstić information content (AvgIpc) is 3.39. The van der Waals surface area contributed by atoms with Gasteiger partial charge in [0.25, 0.3) is 5.89 Å². The summed E-state index contributed by atoms with van der Waals surface area (Å²) in [6.07, 6.45) is 0.530. The molecule has 226 valence electrons. The Morgan fingerprint density at radius 3 is 2.26 bits per heavy atom. The van der Waals surface area contributed by atoms with E-state index in [0.29, 0.717) is 43.0 Å². The Morgan fingerprint density at radius 2 is 1.60 bits per heavy atom. The normalized spacial score (nSPS) is 15.6. The molecule has 1 aliphatic heterocycles. The number of fused-ring (bicyclic) bond motifs is 1. The van der Waals surface area contributed by atoms with Gasteiger partial charge in [0.15, 0.2) is 30.5 Å². The zero-order chi connectivity index (χ0) is 30.3. The van der Waals surface area contributed by atoms with Crippen molar-refractivity contribution in [3.8, 4) is 0 Å². The van der Waals surface area contributed by atoms with Gasteiger partial charge in [-0.2, -0.15) is 0 Å². The molecule has 1 aliphatic rings. The first kappa shape index (κ1) is 31.1. The van der Waals surface area contributed by atoms with Crippen LogP contribution in [0.1, 0.15) is 22.7 Å². The number of para-hydroxylation sites is 2. The molecule has 2 unspecified atom stereocenters. The highest BCUT2D eigenvalue weighted by Gasteiger charge is 2.36. The molecule has 13 nitrogen and oxygen atoms in total. The Kier molecular flexibility index (Phi) is 9.96. The second-order valence-electron chi connectivity index (χ2n) is 9.82. The van der Waals surface area contributed by atoms with Gasteiger partial charge >= 0.3 is 6.03 Å². The molecule has 0 aliphatic carbocycles. The van der Waals surface area contributed by atoms with Gasteiger partial charge in [-0.25, -0.2) is 26.6 Å². The van der Waals surface area contributed by atoms with Crippen LogP contribution in [0.2, 0.25) is 0 Å². The van der Waals surface area contributed by atoms with Crippen molar-refractivity contribution in [1.82, 2.24) is 20.5 Å². The fourth-order valence-corrected chi connectivity index (χ4v) is 7.08. The van der Waals surface area contributed by atoms with E-state index >= 15 is 0 Å². The third kappa shape index (κ3) is 7.92. The SMILES string of the molecule is CS(=O)(=O)C(CCNC(=O)C(CNC(=O)N1CCOCC1)S(=O)(=O)Cc1ccccc1)C(=O)c1nc2ccccc2o1. The van der Waals surface area contributed by atoms with Crippen molar-refractivity contribution in [2.24, 2.45) is 0 Å². The number of nitrogens with one attached hydrogen (secondary N) is 2. The van der Waals surface area contributed by atoms with Crippen molar-refractivity contribution >= 4 is 48.5 Å². The lowest BCUT2D eigenvalue weighted by atomic mass is 10.2. The summed E-state index contributed by atoms with van der Waals surface area (Å²) in [5.41, 5.74) is 1.15. The van der Waals surface area contributed by atoms with Crippen LogP contribution in [0, 0.1) is 0 Å². The van der Waals surface area contributed by atoms with E-state index in [4.69, 9.17) is 9.15 Å². The lowest BCUT2D eigenvalue weighted by Gasteiger charge is -2.27. The minimum Gasteiger partial charge on any atom is -0.434 e. The van der Waals surface area contributed by atoms with Gasteiger partial charge in [-0.3, -0.25) is 9.59 Å². The van der Waals surface area contributed by atoms with Crippen molar-refractivity contribution in [2.75, 3.05) is 45.6 Å². The van der Waals surface area contributed by atoms with Crippen LogP contribution in [0.3, 0.4) is 0 Å². The van der Waals surface area contributed by atoms with Crippen LogP contribution in [0.25, 0.3) is 11.1 Å². The lowest BCUT2D eigenvalue weighted by Crippen LogP contribution is -2.52. The Labute approximate surface area is 243 Å². The second kappa shape index (κ2) is 13.4. The van der Waals surface area contributed by atoms with Crippen molar-refractivity contribution in [2.45, 2.75) is 22.7 Å². The fourth-order valence-electron chi connectivity index (χ4n) is 4.44. The van der Waals surface area contributed by atoms with E-state index in [0.717, 1.165) is 6.26 Å². The summed E-state index contributed by atoms with van der Waals surface area (Å²) >= 11 is 0. The molecule has 1 aromatic heterocycles. The number of Topliss-reactive ketones (excluding diaryl/α,β-unsaturated/α-hetero) is 1. The van der Waals surface area contributed by atoms with E-state index in [-0.39, 0.29) is 18.9 Å². The Hall–Kier alpha value is -3.82. The molecule has 42 heavy (non-hydrogen) atoms. The van der Waals surface area contributed by atoms with E-state index in [1.165, 1.54) is 4.90 Å². The topological polar surface area (TPSA) is 182 Å². The minimum absolute atomic E-state index is 0.312. The maximum atomic E-state index is 13.3.